The number of nitrogens with one attached hydrogen (secondary N) is 2. The number of nitrogens with zero attached hydrogens (tertiary/aromatic N) is 1. The van der Waals surface area contributed by atoms with Crippen molar-refractivity contribution in [3.8, 4) is 5.75 Å². The van der Waals surface area contributed by atoms with Crippen LogP contribution in [0.2, 0.25) is 0 Å². The molecular formula is C28H31N3O3. The first-order valence-electron chi connectivity index (χ1n) is 11.7. The van der Waals surface area contributed by atoms with Gasteiger partial charge in [-0.15, -0.1) is 0 Å². The number of aromatic hydroxyl groups is 1. The van der Waals surface area contributed by atoms with E-state index in [0.29, 0.717) is 31.6 Å². The molecule has 4 rings (SSSR count). The van der Waals surface area contributed by atoms with Gasteiger partial charge in [-0.3, -0.25) is 14.5 Å². The lowest BCUT2D eigenvalue weighted by molar-refractivity contribution is -0.124. The van der Waals surface area contributed by atoms with Crippen molar-refractivity contribution >= 4 is 23.2 Å². The molecule has 1 atom stereocenters. The second-order valence-electron chi connectivity index (χ2n) is 9.00. The fourth-order valence-electron chi connectivity index (χ4n) is 4.65. The number of hydrogen-bond donors (Lipinski definition) is 3. The van der Waals surface area contributed by atoms with Crippen LogP contribution < -0.4 is 10.6 Å². The van der Waals surface area contributed by atoms with E-state index in [2.05, 4.69) is 21.6 Å². The largest absolute Gasteiger partial charge is 0.506 e. The lowest BCUT2D eigenvalue weighted by atomic mass is 9.93. The van der Waals surface area contributed by atoms with Crippen molar-refractivity contribution in [2.75, 3.05) is 23.7 Å². The molecule has 3 aromatic rings. The number of phenolic OH excluding ortho intramolecular Hbond substituents is 1. The van der Waals surface area contributed by atoms with Crippen LogP contribution in [-0.2, 0) is 9.59 Å². The Morgan fingerprint density at radius 1 is 0.882 bits per heavy atom. The van der Waals surface area contributed by atoms with Crippen molar-refractivity contribution < 1.29 is 14.7 Å². The number of hydrogen-bond acceptors (Lipinski definition) is 4. The van der Waals surface area contributed by atoms with Gasteiger partial charge in [0.05, 0.1) is 5.69 Å². The molecule has 1 saturated heterocycles. The maximum atomic E-state index is 13.5. The lowest BCUT2D eigenvalue weighted by Crippen LogP contribution is -2.44. The first-order valence-corrected chi connectivity index (χ1v) is 11.7. The number of likely N-dealkylation sites (tertiary alicyclic amines) is 1. The van der Waals surface area contributed by atoms with E-state index in [-0.39, 0.29) is 23.5 Å². The zero-order chi connectivity index (χ0) is 24.1. The maximum Gasteiger partial charge on any atom is 0.246 e. The summed E-state index contributed by atoms with van der Waals surface area (Å²) in [6, 6.07) is 22.1. The number of carbonyl (C=O) groups excluding carboxylic acids is 2. The average Bonchev–Trinajstić information content (AvgIpc) is 2.81. The number of para-hydroxylation sites is 2. The number of piperidine rings is 1. The zero-order valence-corrected chi connectivity index (χ0v) is 19.6. The molecule has 3 aromatic carbocycles. The van der Waals surface area contributed by atoms with Crippen molar-refractivity contribution in [3.05, 3.63) is 89.5 Å². The van der Waals surface area contributed by atoms with Gasteiger partial charge in [0.15, 0.2) is 0 Å². The molecule has 0 aliphatic carbocycles. The quantitative estimate of drug-likeness (QED) is 0.453. The summed E-state index contributed by atoms with van der Waals surface area (Å²) in [4.78, 5) is 28.4. The van der Waals surface area contributed by atoms with E-state index in [1.807, 2.05) is 56.3 Å². The summed E-state index contributed by atoms with van der Waals surface area (Å²) in [5, 5.41) is 15.9. The number of amides is 2. The number of anilines is 2. The van der Waals surface area contributed by atoms with Gasteiger partial charge in [0.25, 0.3) is 0 Å². The third-order valence-electron chi connectivity index (χ3n) is 6.28. The minimum absolute atomic E-state index is 0.0560. The van der Waals surface area contributed by atoms with Crippen LogP contribution in [0.15, 0.2) is 72.8 Å². The number of phenols is 1. The Hall–Kier alpha value is -3.64. The van der Waals surface area contributed by atoms with E-state index in [1.165, 1.54) is 0 Å². The number of carbonyl (C=O) groups is 2. The summed E-state index contributed by atoms with van der Waals surface area (Å²) < 4.78 is 0. The molecule has 1 heterocycles. The Bertz CT molecular complexity index is 1130. The molecule has 3 N–H and O–H groups in total. The van der Waals surface area contributed by atoms with Gasteiger partial charge in [-0.05, 0) is 80.7 Å². The van der Waals surface area contributed by atoms with Gasteiger partial charge >= 0.3 is 0 Å². The minimum atomic E-state index is -0.441. The Morgan fingerprint density at radius 2 is 1.50 bits per heavy atom. The first kappa shape index (κ1) is 23.5. The minimum Gasteiger partial charge on any atom is -0.506 e. The second-order valence-corrected chi connectivity index (χ2v) is 9.00. The summed E-state index contributed by atoms with van der Waals surface area (Å²) in [7, 11) is 0. The highest BCUT2D eigenvalue weighted by atomic mass is 16.3. The van der Waals surface area contributed by atoms with Crippen molar-refractivity contribution in [2.24, 2.45) is 5.92 Å². The van der Waals surface area contributed by atoms with Gasteiger partial charge in [-0.1, -0.05) is 48.5 Å². The highest BCUT2D eigenvalue weighted by molar-refractivity contribution is 5.96. The third-order valence-corrected chi connectivity index (χ3v) is 6.28. The van der Waals surface area contributed by atoms with Crippen LogP contribution in [0.4, 0.5) is 11.4 Å². The van der Waals surface area contributed by atoms with Crippen LogP contribution in [0.5, 0.6) is 5.75 Å². The van der Waals surface area contributed by atoms with E-state index in [1.54, 1.807) is 24.3 Å². The van der Waals surface area contributed by atoms with Crippen molar-refractivity contribution in [1.82, 2.24) is 4.90 Å². The molecule has 176 valence electrons. The highest BCUT2D eigenvalue weighted by Crippen LogP contribution is 2.30. The standard InChI is InChI=1S/C28H31N3O3/c1-19-16-20(2)18-23(17-19)29-28(34)26(21-8-4-3-5-9-21)31-14-12-22(13-15-31)27(33)30-24-10-6-7-11-25(24)32/h3-11,16-18,22,26,32H,12-15H2,1-2H3,(H,29,34)(H,30,33). The van der Waals surface area contributed by atoms with Gasteiger partial charge in [0.2, 0.25) is 11.8 Å². The summed E-state index contributed by atoms with van der Waals surface area (Å²) in [5.41, 5.74) is 4.34. The molecule has 1 fully saturated rings. The van der Waals surface area contributed by atoms with E-state index < -0.39 is 6.04 Å². The predicted octanol–water partition coefficient (Wildman–Crippen LogP) is 5.04. The molecule has 6 heteroatoms. The summed E-state index contributed by atoms with van der Waals surface area (Å²) in [5.74, 6) is -0.291. The smallest absolute Gasteiger partial charge is 0.246 e. The SMILES string of the molecule is Cc1cc(C)cc(NC(=O)C(c2ccccc2)N2CCC(C(=O)Nc3ccccc3O)CC2)c1. The molecule has 2 amide bonds. The van der Waals surface area contributed by atoms with Crippen molar-refractivity contribution in [3.63, 3.8) is 0 Å². The second kappa shape index (κ2) is 10.5. The Morgan fingerprint density at radius 3 is 2.15 bits per heavy atom. The Kier molecular flexibility index (Phi) is 7.28. The topological polar surface area (TPSA) is 81.7 Å². The summed E-state index contributed by atoms with van der Waals surface area (Å²) in [6.07, 6.45) is 1.28. The van der Waals surface area contributed by atoms with Crippen LogP contribution in [0.1, 0.15) is 35.6 Å². The molecule has 0 bridgehead atoms. The van der Waals surface area contributed by atoms with Gasteiger partial charge in [-0.25, -0.2) is 0 Å². The molecule has 0 aromatic heterocycles. The lowest BCUT2D eigenvalue weighted by Gasteiger charge is -2.36. The molecule has 0 radical (unpaired) electrons. The van der Waals surface area contributed by atoms with Crippen LogP contribution in [0, 0.1) is 19.8 Å². The summed E-state index contributed by atoms with van der Waals surface area (Å²) in [6.45, 7) is 5.28. The summed E-state index contributed by atoms with van der Waals surface area (Å²) >= 11 is 0. The van der Waals surface area contributed by atoms with Crippen molar-refractivity contribution in [2.45, 2.75) is 32.7 Å². The highest BCUT2D eigenvalue weighted by Gasteiger charge is 2.33. The van der Waals surface area contributed by atoms with E-state index in [4.69, 9.17) is 0 Å². The Balaban J connectivity index is 1.46. The van der Waals surface area contributed by atoms with Gasteiger partial charge in [-0.2, -0.15) is 0 Å². The van der Waals surface area contributed by atoms with Crippen molar-refractivity contribution in [1.29, 1.82) is 0 Å². The maximum absolute atomic E-state index is 13.5. The predicted molar refractivity (Wildman–Crippen MR) is 135 cm³/mol. The molecule has 1 unspecified atom stereocenters. The van der Waals surface area contributed by atoms with E-state index in [9.17, 15) is 14.7 Å². The van der Waals surface area contributed by atoms with Crippen LogP contribution in [0.3, 0.4) is 0 Å². The zero-order valence-electron chi connectivity index (χ0n) is 19.6. The monoisotopic (exact) mass is 457 g/mol. The van der Waals surface area contributed by atoms with Crippen LogP contribution in [-0.4, -0.2) is 34.9 Å². The fraction of sp³-hybridized carbons (Fsp3) is 0.286. The van der Waals surface area contributed by atoms with Gasteiger partial charge in [0, 0.05) is 11.6 Å². The molecule has 0 spiro atoms. The fourth-order valence-corrected chi connectivity index (χ4v) is 4.65. The third kappa shape index (κ3) is 5.64. The number of benzene rings is 3. The van der Waals surface area contributed by atoms with Crippen LogP contribution >= 0.6 is 0 Å². The Labute approximate surface area is 200 Å². The number of aryl methyl sites for hydroxylation is 2. The molecule has 34 heavy (non-hydrogen) atoms. The van der Waals surface area contributed by atoms with Gasteiger partial charge < -0.3 is 15.7 Å². The van der Waals surface area contributed by atoms with E-state index >= 15 is 0 Å². The van der Waals surface area contributed by atoms with Crippen LogP contribution in [0.25, 0.3) is 0 Å². The molecule has 6 nitrogen and oxygen atoms in total. The first-order chi connectivity index (χ1) is 16.4. The average molecular weight is 458 g/mol. The number of rotatable bonds is 6. The molecule has 1 aliphatic rings. The van der Waals surface area contributed by atoms with Gasteiger partial charge in [0.1, 0.15) is 11.8 Å². The molecular weight excluding hydrogens is 426 g/mol. The normalized spacial score (nSPS) is 15.5. The van der Waals surface area contributed by atoms with E-state index in [0.717, 1.165) is 22.4 Å². The molecule has 1 aliphatic heterocycles. The molecule has 0 saturated carbocycles.